The molecule has 1 atom stereocenters. The van der Waals surface area contributed by atoms with Crippen LogP contribution in [0.2, 0.25) is 0 Å². The molecule has 0 aromatic heterocycles. The molecule has 0 rings (SSSR count). The monoisotopic (exact) mass is 346 g/mol. The van der Waals surface area contributed by atoms with Crippen molar-refractivity contribution in [2.45, 2.75) is 102 Å². The summed E-state index contributed by atoms with van der Waals surface area (Å²) in [5.41, 5.74) is -1.81. The highest BCUT2D eigenvalue weighted by Gasteiger charge is 2.35. The summed E-state index contributed by atoms with van der Waals surface area (Å²) in [5.74, 6) is -1.17. The predicted octanol–water partition coefficient (Wildman–Crippen LogP) is 4.74. The summed E-state index contributed by atoms with van der Waals surface area (Å²) in [6.45, 7) is 2.23. The van der Waals surface area contributed by atoms with Gasteiger partial charge >= 0.3 is 5.97 Å². The maximum absolute atomic E-state index is 11.3. The fourth-order valence-electron chi connectivity index (χ4n) is 2.78. The number of hydrogen-bond acceptors (Lipinski definition) is 3. The standard InChI is InChI=1S/C18H34O4S/c1-2-3-4-5-6-7-8-9-10-11-12-13-14-18(22,17(21)23)15-16(19)20/h22H,2-15H2,1H3,(H,19,20)(H,21,23). The number of rotatable bonds is 16. The number of aliphatic hydroxyl groups is 1. The summed E-state index contributed by atoms with van der Waals surface area (Å²) >= 11 is 3.61. The molecule has 4 nitrogen and oxygen atoms in total. The first-order valence-electron chi connectivity index (χ1n) is 9.10. The fourth-order valence-corrected chi connectivity index (χ4v) is 2.97. The van der Waals surface area contributed by atoms with E-state index in [1.165, 1.54) is 57.8 Å². The molecule has 1 unspecified atom stereocenters. The van der Waals surface area contributed by atoms with Crippen LogP contribution in [-0.4, -0.2) is 26.9 Å². The summed E-state index contributed by atoms with van der Waals surface area (Å²) < 4.78 is 0. The highest BCUT2D eigenvalue weighted by Crippen LogP contribution is 2.23. The van der Waals surface area contributed by atoms with E-state index in [-0.39, 0.29) is 6.42 Å². The minimum atomic E-state index is -1.81. The number of unbranched alkanes of at least 4 members (excludes halogenated alkanes) is 11. The zero-order valence-electron chi connectivity index (χ0n) is 14.6. The Morgan fingerprint density at radius 1 is 0.826 bits per heavy atom. The van der Waals surface area contributed by atoms with Crippen LogP contribution in [0.5, 0.6) is 0 Å². The van der Waals surface area contributed by atoms with Gasteiger partial charge in [0.2, 0.25) is 5.12 Å². The van der Waals surface area contributed by atoms with E-state index >= 15 is 0 Å². The topological polar surface area (TPSA) is 74.6 Å². The van der Waals surface area contributed by atoms with Gasteiger partial charge in [0.25, 0.3) is 0 Å². The van der Waals surface area contributed by atoms with Gasteiger partial charge < -0.3 is 10.2 Å². The number of hydrogen-bond donors (Lipinski definition) is 3. The van der Waals surface area contributed by atoms with Crippen LogP contribution in [0.4, 0.5) is 0 Å². The van der Waals surface area contributed by atoms with Crippen LogP contribution in [0.15, 0.2) is 0 Å². The van der Waals surface area contributed by atoms with Gasteiger partial charge in [0.1, 0.15) is 5.60 Å². The average Bonchev–Trinajstić information content (AvgIpc) is 2.47. The maximum Gasteiger partial charge on any atom is 0.306 e. The largest absolute Gasteiger partial charge is 0.481 e. The first kappa shape index (κ1) is 22.4. The van der Waals surface area contributed by atoms with E-state index in [9.17, 15) is 14.7 Å². The summed E-state index contributed by atoms with van der Waals surface area (Å²) in [7, 11) is 0. The Balaban J connectivity index is 3.54. The highest BCUT2D eigenvalue weighted by atomic mass is 32.1. The van der Waals surface area contributed by atoms with E-state index in [4.69, 9.17) is 5.11 Å². The Morgan fingerprint density at radius 2 is 1.22 bits per heavy atom. The van der Waals surface area contributed by atoms with Gasteiger partial charge in [-0.1, -0.05) is 84.0 Å². The molecular weight excluding hydrogens is 312 g/mol. The van der Waals surface area contributed by atoms with Crippen molar-refractivity contribution in [3.05, 3.63) is 0 Å². The van der Waals surface area contributed by atoms with E-state index in [0.29, 0.717) is 6.42 Å². The third-order valence-corrected chi connectivity index (χ3v) is 4.70. The van der Waals surface area contributed by atoms with Gasteiger partial charge in [-0.05, 0) is 6.42 Å². The molecule has 0 heterocycles. The Hall–Kier alpha value is -0.550. The second kappa shape index (κ2) is 13.8. The molecule has 0 radical (unpaired) electrons. The molecule has 0 fully saturated rings. The Morgan fingerprint density at radius 3 is 1.57 bits per heavy atom. The summed E-state index contributed by atoms with van der Waals surface area (Å²) in [6.07, 6.45) is 14.0. The molecule has 23 heavy (non-hydrogen) atoms. The van der Waals surface area contributed by atoms with Gasteiger partial charge in [0.05, 0.1) is 6.42 Å². The molecule has 0 aromatic carbocycles. The Bertz CT molecular complexity index is 333. The van der Waals surface area contributed by atoms with Gasteiger partial charge in [-0.15, -0.1) is 12.6 Å². The van der Waals surface area contributed by atoms with Crippen molar-refractivity contribution in [3.63, 3.8) is 0 Å². The van der Waals surface area contributed by atoms with Crippen molar-refractivity contribution in [2.75, 3.05) is 0 Å². The molecule has 0 saturated carbocycles. The minimum Gasteiger partial charge on any atom is -0.481 e. The molecule has 0 saturated heterocycles. The summed E-state index contributed by atoms with van der Waals surface area (Å²) in [4.78, 5) is 22.0. The lowest BCUT2D eigenvalue weighted by Gasteiger charge is -2.22. The molecule has 0 aromatic rings. The number of carboxylic acids is 1. The van der Waals surface area contributed by atoms with E-state index < -0.39 is 23.1 Å². The third kappa shape index (κ3) is 12.5. The fraction of sp³-hybridized carbons (Fsp3) is 0.889. The molecule has 0 spiro atoms. The van der Waals surface area contributed by atoms with Crippen LogP contribution in [0, 0.1) is 0 Å². The molecular formula is C18H34O4S. The van der Waals surface area contributed by atoms with Crippen molar-refractivity contribution < 1.29 is 19.8 Å². The van der Waals surface area contributed by atoms with E-state index in [2.05, 4.69) is 19.6 Å². The molecule has 5 heteroatoms. The van der Waals surface area contributed by atoms with Gasteiger partial charge in [-0.3, -0.25) is 9.59 Å². The van der Waals surface area contributed by atoms with Crippen molar-refractivity contribution in [1.29, 1.82) is 0 Å². The Labute approximate surface area is 146 Å². The van der Waals surface area contributed by atoms with Gasteiger partial charge in [0.15, 0.2) is 0 Å². The predicted molar refractivity (Wildman–Crippen MR) is 96.9 cm³/mol. The van der Waals surface area contributed by atoms with Crippen molar-refractivity contribution >= 4 is 23.7 Å². The first-order valence-corrected chi connectivity index (χ1v) is 9.54. The van der Waals surface area contributed by atoms with Crippen LogP contribution >= 0.6 is 12.6 Å². The molecule has 136 valence electrons. The smallest absolute Gasteiger partial charge is 0.306 e. The number of thiol groups is 1. The first-order chi connectivity index (χ1) is 10.9. The van der Waals surface area contributed by atoms with Gasteiger partial charge in [0, 0.05) is 0 Å². The number of carboxylic acid groups (broad SMARTS) is 1. The molecule has 0 amide bonds. The molecule has 2 N–H and O–H groups in total. The van der Waals surface area contributed by atoms with Gasteiger partial charge in [-0.25, -0.2) is 0 Å². The van der Waals surface area contributed by atoms with Crippen LogP contribution in [0.1, 0.15) is 96.8 Å². The maximum atomic E-state index is 11.3. The van der Waals surface area contributed by atoms with Crippen LogP contribution < -0.4 is 0 Å². The molecule has 0 bridgehead atoms. The van der Waals surface area contributed by atoms with Crippen LogP contribution in [0.3, 0.4) is 0 Å². The second-order valence-electron chi connectivity index (χ2n) is 6.55. The van der Waals surface area contributed by atoms with Crippen molar-refractivity contribution in [1.82, 2.24) is 0 Å². The third-order valence-electron chi connectivity index (χ3n) is 4.29. The van der Waals surface area contributed by atoms with Crippen molar-refractivity contribution in [3.8, 4) is 0 Å². The van der Waals surface area contributed by atoms with E-state index in [1.54, 1.807) is 0 Å². The average molecular weight is 347 g/mol. The van der Waals surface area contributed by atoms with E-state index in [0.717, 1.165) is 12.8 Å². The SMILES string of the molecule is CCCCCCCCCCCCCCC(O)(CC(=O)O)C(=O)S. The van der Waals surface area contributed by atoms with Crippen molar-refractivity contribution in [2.24, 2.45) is 0 Å². The molecule has 0 aliphatic rings. The van der Waals surface area contributed by atoms with E-state index in [1.807, 2.05) is 0 Å². The minimum absolute atomic E-state index is 0.180. The van der Waals surface area contributed by atoms with Crippen LogP contribution in [0.25, 0.3) is 0 Å². The number of carbonyl (C=O) groups excluding carboxylic acids is 1. The lowest BCUT2D eigenvalue weighted by molar-refractivity contribution is -0.147. The number of carbonyl (C=O) groups is 2. The molecule has 0 aliphatic carbocycles. The quantitative estimate of drug-likeness (QED) is 0.279. The normalized spacial score (nSPS) is 13.7. The second-order valence-corrected chi connectivity index (χ2v) is 6.95. The Kier molecular flexibility index (Phi) is 13.5. The van der Waals surface area contributed by atoms with Crippen LogP contribution in [-0.2, 0) is 9.59 Å². The van der Waals surface area contributed by atoms with Gasteiger partial charge in [-0.2, -0.15) is 0 Å². The zero-order chi connectivity index (χ0) is 17.6. The summed E-state index contributed by atoms with van der Waals surface area (Å²) in [5, 5.41) is 18.0. The molecule has 0 aliphatic heterocycles. The lowest BCUT2D eigenvalue weighted by atomic mass is 9.93. The highest BCUT2D eigenvalue weighted by molar-refractivity contribution is 7.96. The summed E-state index contributed by atoms with van der Waals surface area (Å²) in [6, 6.07) is 0. The zero-order valence-corrected chi connectivity index (χ0v) is 15.5. The lowest BCUT2D eigenvalue weighted by Crippen LogP contribution is -2.38. The number of aliphatic carboxylic acids is 1.